The lowest BCUT2D eigenvalue weighted by molar-refractivity contribution is -0.122. The quantitative estimate of drug-likeness (QED) is 0.843. The van der Waals surface area contributed by atoms with Crippen molar-refractivity contribution in [3.8, 4) is 5.75 Å². The maximum Gasteiger partial charge on any atom is 0.265 e. The Hall–Kier alpha value is -2.12. The molecule has 124 valence electrons. The second kappa shape index (κ2) is 6.97. The average Bonchev–Trinajstić information content (AvgIpc) is 2.56. The van der Waals surface area contributed by atoms with Gasteiger partial charge in [-0.15, -0.1) is 0 Å². The van der Waals surface area contributed by atoms with Gasteiger partial charge < -0.3 is 20.1 Å². The third-order valence-electron chi connectivity index (χ3n) is 3.99. The Balaban J connectivity index is 1.55. The van der Waals surface area contributed by atoms with Crippen LogP contribution in [0.25, 0.3) is 0 Å². The standard InChI is InChI=1S/C16H21N3O4/c1-11-15(20)18-13-10-12(2-3-14(13)23-11)16(21)17-4-5-19-6-8-22-9-7-19/h2-3,10-11H,4-9H2,1H3,(H,17,21)(H,18,20). The first-order valence-corrected chi connectivity index (χ1v) is 7.83. The third-order valence-corrected chi connectivity index (χ3v) is 3.99. The predicted octanol–water partition coefficient (Wildman–Crippen LogP) is 0.468. The first kappa shape index (κ1) is 15.8. The summed E-state index contributed by atoms with van der Waals surface area (Å²) in [6.07, 6.45) is -0.518. The molecular formula is C16H21N3O4. The van der Waals surface area contributed by atoms with E-state index in [1.54, 1.807) is 25.1 Å². The number of morpholine rings is 1. The molecule has 23 heavy (non-hydrogen) atoms. The first-order chi connectivity index (χ1) is 11.1. The molecule has 2 N–H and O–H groups in total. The highest BCUT2D eigenvalue weighted by Gasteiger charge is 2.24. The van der Waals surface area contributed by atoms with Gasteiger partial charge in [0.1, 0.15) is 5.75 Å². The zero-order valence-electron chi connectivity index (χ0n) is 13.1. The summed E-state index contributed by atoms with van der Waals surface area (Å²) in [4.78, 5) is 26.1. The lowest BCUT2D eigenvalue weighted by Crippen LogP contribution is -2.41. The largest absolute Gasteiger partial charge is 0.479 e. The minimum atomic E-state index is -0.518. The van der Waals surface area contributed by atoms with E-state index < -0.39 is 6.10 Å². The smallest absolute Gasteiger partial charge is 0.265 e. The fourth-order valence-electron chi connectivity index (χ4n) is 2.60. The summed E-state index contributed by atoms with van der Waals surface area (Å²) in [7, 11) is 0. The summed E-state index contributed by atoms with van der Waals surface area (Å²) < 4.78 is 10.8. The van der Waals surface area contributed by atoms with E-state index in [1.807, 2.05) is 0 Å². The number of rotatable bonds is 4. The van der Waals surface area contributed by atoms with E-state index in [2.05, 4.69) is 15.5 Å². The second-order valence-electron chi connectivity index (χ2n) is 5.67. The van der Waals surface area contributed by atoms with E-state index in [9.17, 15) is 9.59 Å². The molecule has 7 nitrogen and oxygen atoms in total. The number of ether oxygens (including phenoxy) is 2. The predicted molar refractivity (Wildman–Crippen MR) is 84.8 cm³/mol. The molecule has 1 aromatic rings. The van der Waals surface area contributed by atoms with Crippen molar-refractivity contribution in [2.75, 3.05) is 44.7 Å². The Labute approximate surface area is 134 Å². The fourth-order valence-corrected chi connectivity index (χ4v) is 2.60. The number of nitrogens with one attached hydrogen (secondary N) is 2. The summed E-state index contributed by atoms with van der Waals surface area (Å²) in [5.41, 5.74) is 1.04. The minimum Gasteiger partial charge on any atom is -0.479 e. The zero-order chi connectivity index (χ0) is 16.2. The van der Waals surface area contributed by atoms with Gasteiger partial charge in [0.15, 0.2) is 6.10 Å². The Morgan fingerprint density at radius 2 is 2.17 bits per heavy atom. The summed E-state index contributed by atoms with van der Waals surface area (Å²) >= 11 is 0. The van der Waals surface area contributed by atoms with Crippen molar-refractivity contribution in [1.82, 2.24) is 10.2 Å². The lowest BCUT2D eigenvalue weighted by atomic mass is 10.1. The highest BCUT2D eigenvalue weighted by atomic mass is 16.5. The van der Waals surface area contributed by atoms with Crippen molar-refractivity contribution in [3.05, 3.63) is 23.8 Å². The highest BCUT2D eigenvalue weighted by Crippen LogP contribution is 2.30. The summed E-state index contributed by atoms with van der Waals surface area (Å²) in [6, 6.07) is 5.05. The molecule has 1 unspecified atom stereocenters. The Morgan fingerprint density at radius 1 is 1.39 bits per heavy atom. The Kier molecular flexibility index (Phi) is 4.78. The van der Waals surface area contributed by atoms with Gasteiger partial charge in [-0.1, -0.05) is 0 Å². The third kappa shape index (κ3) is 3.80. The van der Waals surface area contributed by atoms with E-state index >= 15 is 0 Å². The number of fused-ring (bicyclic) bond motifs is 1. The molecule has 2 aliphatic rings. The number of anilines is 1. The van der Waals surface area contributed by atoms with Gasteiger partial charge in [0.05, 0.1) is 18.9 Å². The maximum absolute atomic E-state index is 12.2. The molecule has 0 saturated carbocycles. The van der Waals surface area contributed by atoms with E-state index in [0.717, 1.165) is 32.8 Å². The van der Waals surface area contributed by atoms with Crippen molar-refractivity contribution < 1.29 is 19.1 Å². The lowest BCUT2D eigenvalue weighted by Gasteiger charge is -2.26. The average molecular weight is 319 g/mol. The maximum atomic E-state index is 12.2. The van der Waals surface area contributed by atoms with Gasteiger partial charge >= 0.3 is 0 Å². The van der Waals surface area contributed by atoms with Crippen LogP contribution in [0.3, 0.4) is 0 Å². The molecule has 7 heteroatoms. The molecule has 1 saturated heterocycles. The number of amides is 2. The van der Waals surface area contributed by atoms with Crippen molar-refractivity contribution in [2.45, 2.75) is 13.0 Å². The molecule has 3 rings (SSSR count). The van der Waals surface area contributed by atoms with E-state index in [4.69, 9.17) is 9.47 Å². The molecule has 0 bridgehead atoms. The highest BCUT2D eigenvalue weighted by molar-refractivity contribution is 6.00. The van der Waals surface area contributed by atoms with Crippen LogP contribution in [-0.4, -0.2) is 62.2 Å². The van der Waals surface area contributed by atoms with Crippen LogP contribution >= 0.6 is 0 Å². The molecule has 2 heterocycles. The van der Waals surface area contributed by atoms with Crippen LogP contribution in [0.4, 0.5) is 5.69 Å². The minimum absolute atomic E-state index is 0.158. The summed E-state index contributed by atoms with van der Waals surface area (Å²) in [5.74, 6) is 0.221. The Morgan fingerprint density at radius 3 is 2.96 bits per heavy atom. The summed E-state index contributed by atoms with van der Waals surface area (Å²) in [6.45, 7) is 6.36. The molecule has 0 radical (unpaired) electrons. The number of carbonyl (C=O) groups excluding carboxylic acids is 2. The molecule has 1 atom stereocenters. The van der Waals surface area contributed by atoms with E-state index in [0.29, 0.717) is 23.5 Å². The number of hydrogen-bond donors (Lipinski definition) is 2. The summed E-state index contributed by atoms with van der Waals surface area (Å²) in [5, 5.41) is 5.64. The van der Waals surface area contributed by atoms with Crippen molar-refractivity contribution in [1.29, 1.82) is 0 Å². The first-order valence-electron chi connectivity index (χ1n) is 7.83. The molecule has 0 aliphatic carbocycles. The van der Waals surface area contributed by atoms with Crippen molar-refractivity contribution >= 4 is 17.5 Å². The van der Waals surface area contributed by atoms with Crippen LogP contribution in [-0.2, 0) is 9.53 Å². The molecule has 2 aliphatic heterocycles. The number of hydrogen-bond acceptors (Lipinski definition) is 5. The number of carbonyl (C=O) groups is 2. The van der Waals surface area contributed by atoms with Gasteiger partial charge in [-0.2, -0.15) is 0 Å². The van der Waals surface area contributed by atoms with Gasteiger partial charge in [-0.25, -0.2) is 0 Å². The van der Waals surface area contributed by atoms with Gasteiger partial charge in [-0.3, -0.25) is 14.5 Å². The normalized spacial score (nSPS) is 21.1. The zero-order valence-corrected chi connectivity index (χ0v) is 13.1. The SMILES string of the molecule is CC1Oc2ccc(C(=O)NCCN3CCOCC3)cc2NC1=O. The van der Waals surface area contributed by atoms with Crippen LogP contribution in [0.15, 0.2) is 18.2 Å². The monoisotopic (exact) mass is 319 g/mol. The molecule has 1 aromatic carbocycles. The number of benzene rings is 1. The van der Waals surface area contributed by atoms with Gasteiger partial charge in [-0.05, 0) is 25.1 Å². The van der Waals surface area contributed by atoms with Crippen molar-refractivity contribution in [2.24, 2.45) is 0 Å². The van der Waals surface area contributed by atoms with Crippen LogP contribution in [0.2, 0.25) is 0 Å². The van der Waals surface area contributed by atoms with Crippen LogP contribution in [0, 0.1) is 0 Å². The van der Waals surface area contributed by atoms with Gasteiger partial charge in [0, 0.05) is 31.7 Å². The van der Waals surface area contributed by atoms with E-state index in [1.165, 1.54) is 0 Å². The number of nitrogens with zero attached hydrogens (tertiary/aromatic N) is 1. The van der Waals surface area contributed by atoms with E-state index in [-0.39, 0.29) is 11.8 Å². The topological polar surface area (TPSA) is 79.9 Å². The van der Waals surface area contributed by atoms with Gasteiger partial charge in [0.25, 0.3) is 11.8 Å². The Bertz CT molecular complexity index is 599. The molecule has 2 amide bonds. The molecule has 0 spiro atoms. The fraction of sp³-hybridized carbons (Fsp3) is 0.500. The molecule has 0 aromatic heterocycles. The molecular weight excluding hydrogens is 298 g/mol. The van der Waals surface area contributed by atoms with Crippen LogP contribution in [0.5, 0.6) is 5.75 Å². The van der Waals surface area contributed by atoms with Crippen LogP contribution in [0.1, 0.15) is 17.3 Å². The molecule has 1 fully saturated rings. The van der Waals surface area contributed by atoms with Gasteiger partial charge in [0.2, 0.25) is 0 Å². The van der Waals surface area contributed by atoms with Crippen LogP contribution < -0.4 is 15.4 Å². The van der Waals surface area contributed by atoms with Crippen molar-refractivity contribution in [3.63, 3.8) is 0 Å². The second-order valence-corrected chi connectivity index (χ2v) is 5.67.